The fraction of sp³-hybridized carbons (Fsp3) is 0.0476. The summed E-state index contributed by atoms with van der Waals surface area (Å²) < 4.78 is 0. The standard InChI is InChI=1S/C21H15ClN4O2/c1-13-17(22)6-4-8-18(13)23-21-16-5-2-3-7-19(16)24-20(25-21)14-9-11-15(12-10-14)26(27)28/h2-12H,1H3,(H,23,24,25). The van der Waals surface area contributed by atoms with Gasteiger partial charge in [-0.15, -0.1) is 0 Å². The van der Waals surface area contributed by atoms with E-state index in [2.05, 4.69) is 15.3 Å². The molecule has 4 aromatic rings. The second-order valence-corrected chi connectivity index (χ2v) is 6.66. The third-order valence-corrected chi connectivity index (χ3v) is 4.87. The number of para-hydroxylation sites is 1. The first-order valence-corrected chi connectivity index (χ1v) is 8.94. The first kappa shape index (κ1) is 17.9. The summed E-state index contributed by atoms with van der Waals surface area (Å²) in [4.78, 5) is 19.8. The van der Waals surface area contributed by atoms with Crippen molar-refractivity contribution in [2.75, 3.05) is 5.32 Å². The molecule has 28 heavy (non-hydrogen) atoms. The van der Waals surface area contributed by atoms with Crippen molar-refractivity contribution in [3.63, 3.8) is 0 Å². The molecule has 7 heteroatoms. The van der Waals surface area contributed by atoms with Crippen LogP contribution in [0.15, 0.2) is 66.7 Å². The van der Waals surface area contributed by atoms with Crippen molar-refractivity contribution in [2.45, 2.75) is 6.92 Å². The number of nitro benzene ring substituents is 1. The number of benzene rings is 3. The number of hydrogen-bond donors (Lipinski definition) is 1. The van der Waals surface area contributed by atoms with Crippen molar-refractivity contribution in [2.24, 2.45) is 0 Å². The number of aromatic nitrogens is 2. The molecule has 0 spiro atoms. The van der Waals surface area contributed by atoms with Gasteiger partial charge in [0, 0.05) is 33.8 Å². The zero-order valence-corrected chi connectivity index (χ0v) is 15.6. The lowest BCUT2D eigenvalue weighted by Crippen LogP contribution is -2.01. The SMILES string of the molecule is Cc1c(Cl)cccc1Nc1nc(-c2ccc([N+](=O)[O-])cc2)nc2ccccc12. The summed E-state index contributed by atoms with van der Waals surface area (Å²) in [6.45, 7) is 1.94. The molecule has 0 aliphatic heterocycles. The molecule has 0 unspecified atom stereocenters. The Kier molecular flexibility index (Phi) is 4.63. The van der Waals surface area contributed by atoms with Gasteiger partial charge in [0.25, 0.3) is 5.69 Å². The average Bonchev–Trinajstić information content (AvgIpc) is 2.71. The molecule has 0 radical (unpaired) electrons. The highest BCUT2D eigenvalue weighted by atomic mass is 35.5. The summed E-state index contributed by atoms with van der Waals surface area (Å²) >= 11 is 6.24. The van der Waals surface area contributed by atoms with Crippen molar-refractivity contribution in [3.05, 3.63) is 87.4 Å². The van der Waals surface area contributed by atoms with E-state index in [1.165, 1.54) is 12.1 Å². The van der Waals surface area contributed by atoms with Crippen LogP contribution in [0, 0.1) is 17.0 Å². The van der Waals surface area contributed by atoms with Crippen LogP contribution in [-0.4, -0.2) is 14.9 Å². The van der Waals surface area contributed by atoms with E-state index in [9.17, 15) is 10.1 Å². The molecule has 138 valence electrons. The van der Waals surface area contributed by atoms with Gasteiger partial charge in [-0.2, -0.15) is 0 Å². The Morgan fingerprint density at radius 2 is 1.71 bits per heavy atom. The van der Waals surface area contributed by atoms with Crippen molar-refractivity contribution < 1.29 is 4.92 Å². The summed E-state index contributed by atoms with van der Waals surface area (Å²) in [5.41, 5.74) is 3.27. The molecule has 1 N–H and O–H groups in total. The number of hydrogen-bond acceptors (Lipinski definition) is 5. The molecule has 0 saturated carbocycles. The molecule has 3 aromatic carbocycles. The zero-order chi connectivity index (χ0) is 19.7. The maximum atomic E-state index is 10.9. The number of anilines is 2. The molecule has 0 atom stereocenters. The van der Waals surface area contributed by atoms with E-state index in [1.54, 1.807) is 12.1 Å². The number of nitrogens with one attached hydrogen (secondary N) is 1. The summed E-state index contributed by atoms with van der Waals surface area (Å²) in [5.74, 6) is 1.13. The van der Waals surface area contributed by atoms with Gasteiger partial charge in [0.05, 0.1) is 10.4 Å². The largest absolute Gasteiger partial charge is 0.339 e. The van der Waals surface area contributed by atoms with Crippen LogP contribution in [0.3, 0.4) is 0 Å². The smallest absolute Gasteiger partial charge is 0.269 e. The van der Waals surface area contributed by atoms with Crippen LogP contribution >= 0.6 is 11.6 Å². The molecule has 1 aromatic heterocycles. The lowest BCUT2D eigenvalue weighted by Gasteiger charge is -2.13. The van der Waals surface area contributed by atoms with Crippen LogP contribution < -0.4 is 5.32 Å². The Morgan fingerprint density at radius 1 is 0.964 bits per heavy atom. The monoisotopic (exact) mass is 390 g/mol. The molecule has 0 bridgehead atoms. The number of halogens is 1. The summed E-state index contributed by atoms with van der Waals surface area (Å²) in [6, 6.07) is 19.5. The van der Waals surface area contributed by atoms with E-state index in [1.807, 2.05) is 49.4 Å². The average molecular weight is 391 g/mol. The Labute approximate surface area is 166 Å². The van der Waals surface area contributed by atoms with E-state index in [0.29, 0.717) is 22.2 Å². The van der Waals surface area contributed by atoms with Crippen LogP contribution in [0.4, 0.5) is 17.2 Å². The third-order valence-electron chi connectivity index (χ3n) is 4.46. The van der Waals surface area contributed by atoms with Crippen molar-refractivity contribution in [3.8, 4) is 11.4 Å². The number of nitrogens with zero attached hydrogens (tertiary/aromatic N) is 3. The first-order valence-electron chi connectivity index (χ1n) is 8.56. The second kappa shape index (κ2) is 7.25. The minimum Gasteiger partial charge on any atom is -0.339 e. The molecular formula is C21H15ClN4O2. The maximum Gasteiger partial charge on any atom is 0.269 e. The molecule has 4 rings (SSSR count). The number of fused-ring (bicyclic) bond motifs is 1. The Hall–Kier alpha value is -3.51. The number of rotatable bonds is 4. The molecule has 0 aliphatic carbocycles. The second-order valence-electron chi connectivity index (χ2n) is 6.25. The molecule has 1 heterocycles. The van der Waals surface area contributed by atoms with Crippen molar-refractivity contribution >= 4 is 39.7 Å². The van der Waals surface area contributed by atoms with Gasteiger partial charge in [-0.25, -0.2) is 9.97 Å². The highest BCUT2D eigenvalue weighted by Gasteiger charge is 2.12. The third kappa shape index (κ3) is 3.37. The molecule has 0 amide bonds. The Bertz CT molecular complexity index is 1190. The Balaban J connectivity index is 1.83. The normalized spacial score (nSPS) is 10.8. The summed E-state index contributed by atoms with van der Waals surface area (Å²) in [5, 5.41) is 15.8. The van der Waals surface area contributed by atoms with Crippen LogP contribution in [-0.2, 0) is 0 Å². The molecule has 0 aliphatic rings. The molecule has 6 nitrogen and oxygen atoms in total. The quantitative estimate of drug-likeness (QED) is 0.346. The molecule has 0 saturated heterocycles. The van der Waals surface area contributed by atoms with Crippen molar-refractivity contribution in [1.82, 2.24) is 9.97 Å². The lowest BCUT2D eigenvalue weighted by atomic mass is 10.1. The Morgan fingerprint density at radius 3 is 2.46 bits per heavy atom. The molecule has 0 fully saturated rings. The maximum absolute atomic E-state index is 10.9. The minimum atomic E-state index is -0.431. The van der Waals surface area contributed by atoms with Gasteiger partial charge in [-0.05, 0) is 48.9 Å². The highest BCUT2D eigenvalue weighted by Crippen LogP contribution is 2.30. The van der Waals surface area contributed by atoms with Gasteiger partial charge < -0.3 is 5.32 Å². The van der Waals surface area contributed by atoms with Crippen LogP contribution in [0.25, 0.3) is 22.3 Å². The van der Waals surface area contributed by atoms with Crippen molar-refractivity contribution in [1.29, 1.82) is 0 Å². The number of nitro groups is 1. The van der Waals surface area contributed by atoms with Gasteiger partial charge in [0.15, 0.2) is 5.82 Å². The van der Waals surface area contributed by atoms with Crippen LogP contribution in [0.1, 0.15) is 5.56 Å². The van der Waals surface area contributed by atoms with Crippen LogP contribution in [0.2, 0.25) is 5.02 Å². The van der Waals surface area contributed by atoms with Gasteiger partial charge >= 0.3 is 0 Å². The van der Waals surface area contributed by atoms with Gasteiger partial charge in [0.1, 0.15) is 5.82 Å². The zero-order valence-electron chi connectivity index (χ0n) is 14.9. The first-order chi connectivity index (χ1) is 13.5. The van der Waals surface area contributed by atoms with E-state index >= 15 is 0 Å². The fourth-order valence-electron chi connectivity index (χ4n) is 2.90. The predicted molar refractivity (Wildman–Crippen MR) is 111 cm³/mol. The van der Waals surface area contributed by atoms with E-state index in [4.69, 9.17) is 11.6 Å². The highest BCUT2D eigenvalue weighted by molar-refractivity contribution is 6.31. The fourth-order valence-corrected chi connectivity index (χ4v) is 3.08. The van der Waals surface area contributed by atoms with E-state index in [0.717, 1.165) is 22.2 Å². The van der Waals surface area contributed by atoms with Gasteiger partial charge in [0.2, 0.25) is 0 Å². The number of non-ortho nitro benzene ring substituents is 1. The van der Waals surface area contributed by atoms with E-state index < -0.39 is 4.92 Å². The van der Waals surface area contributed by atoms with E-state index in [-0.39, 0.29) is 5.69 Å². The molecular weight excluding hydrogens is 376 g/mol. The minimum absolute atomic E-state index is 0.0254. The topological polar surface area (TPSA) is 81.0 Å². The van der Waals surface area contributed by atoms with Crippen LogP contribution in [0.5, 0.6) is 0 Å². The summed E-state index contributed by atoms with van der Waals surface area (Å²) in [6.07, 6.45) is 0. The predicted octanol–water partition coefficient (Wildman–Crippen LogP) is 5.91. The van der Waals surface area contributed by atoms with Gasteiger partial charge in [-0.3, -0.25) is 10.1 Å². The van der Waals surface area contributed by atoms with Gasteiger partial charge in [-0.1, -0.05) is 29.8 Å². The lowest BCUT2D eigenvalue weighted by molar-refractivity contribution is -0.384. The summed E-state index contributed by atoms with van der Waals surface area (Å²) in [7, 11) is 0.